The van der Waals surface area contributed by atoms with Crippen molar-refractivity contribution in [3.05, 3.63) is 28.5 Å². The van der Waals surface area contributed by atoms with Crippen LogP contribution in [0.15, 0.2) is 22.8 Å². The van der Waals surface area contributed by atoms with Crippen molar-refractivity contribution in [2.75, 3.05) is 0 Å². The van der Waals surface area contributed by atoms with Gasteiger partial charge in [0.15, 0.2) is 0 Å². The van der Waals surface area contributed by atoms with E-state index in [1.807, 2.05) is 0 Å². The lowest BCUT2D eigenvalue weighted by Crippen LogP contribution is -2.40. The van der Waals surface area contributed by atoms with Crippen molar-refractivity contribution < 1.29 is 14.7 Å². The number of carboxylic acid groups (broad SMARTS) is 1. The molecule has 1 atom stereocenters. The van der Waals surface area contributed by atoms with Gasteiger partial charge in [0.2, 0.25) is 0 Å². The number of carbonyl (C=O) groups excluding carboxylic acids is 1. The number of carbonyl (C=O) groups is 2. The molecule has 1 aromatic rings. The van der Waals surface area contributed by atoms with Gasteiger partial charge >= 0.3 is 5.97 Å². The fourth-order valence-electron chi connectivity index (χ4n) is 1.08. The molecule has 1 rings (SSSR count). The lowest BCUT2D eigenvalue weighted by atomic mass is 10.2. The molecule has 0 spiro atoms. The quantitative estimate of drug-likeness (QED) is 0.878. The minimum absolute atomic E-state index is 0.197. The van der Waals surface area contributed by atoms with Gasteiger partial charge in [-0.05, 0) is 34.5 Å². The Labute approximate surface area is 101 Å². The number of hydrogen-bond donors (Lipinski definition) is 2. The number of hydrogen-bond acceptors (Lipinski definition) is 3. The maximum atomic E-state index is 11.6. The summed E-state index contributed by atoms with van der Waals surface area (Å²) in [7, 11) is 0. The minimum Gasteiger partial charge on any atom is -0.480 e. The first-order chi connectivity index (χ1) is 7.54. The molecule has 1 heterocycles. The molecule has 0 aromatic carbocycles. The Kier molecular flexibility index (Phi) is 4.42. The average Bonchev–Trinajstić information content (AvgIpc) is 2.26. The highest BCUT2D eigenvalue weighted by molar-refractivity contribution is 9.10. The summed E-state index contributed by atoms with van der Waals surface area (Å²) in [6.07, 6.45) is 1.81. The predicted molar refractivity (Wildman–Crippen MR) is 61.1 cm³/mol. The largest absolute Gasteiger partial charge is 0.480 e. The van der Waals surface area contributed by atoms with Crippen molar-refractivity contribution in [1.29, 1.82) is 0 Å². The summed E-state index contributed by atoms with van der Waals surface area (Å²) in [5.74, 6) is -1.53. The normalized spacial score (nSPS) is 11.9. The summed E-state index contributed by atoms with van der Waals surface area (Å²) in [5.41, 5.74) is 0.197. The Morgan fingerprint density at radius 3 is 2.69 bits per heavy atom. The van der Waals surface area contributed by atoms with Gasteiger partial charge in [-0.15, -0.1) is 0 Å². The van der Waals surface area contributed by atoms with Crippen molar-refractivity contribution in [1.82, 2.24) is 10.3 Å². The summed E-state index contributed by atoms with van der Waals surface area (Å²) in [6, 6.07) is 2.32. The Bertz CT molecular complexity index is 392. The van der Waals surface area contributed by atoms with Gasteiger partial charge in [0.1, 0.15) is 11.7 Å². The number of halogens is 1. The number of nitrogens with zero attached hydrogens (tertiary/aromatic N) is 1. The van der Waals surface area contributed by atoms with E-state index in [4.69, 9.17) is 5.11 Å². The first-order valence-corrected chi connectivity index (χ1v) is 5.49. The van der Waals surface area contributed by atoms with E-state index in [1.165, 1.54) is 12.3 Å². The van der Waals surface area contributed by atoms with E-state index in [1.54, 1.807) is 13.0 Å². The number of rotatable bonds is 4. The molecule has 0 aliphatic carbocycles. The zero-order chi connectivity index (χ0) is 12.1. The van der Waals surface area contributed by atoms with Crippen LogP contribution in [0, 0.1) is 0 Å². The van der Waals surface area contributed by atoms with Gasteiger partial charge in [0.25, 0.3) is 5.91 Å². The van der Waals surface area contributed by atoms with E-state index in [-0.39, 0.29) is 5.69 Å². The molecular weight excluding hydrogens is 276 g/mol. The summed E-state index contributed by atoms with van der Waals surface area (Å²) in [4.78, 5) is 26.2. The molecule has 0 radical (unpaired) electrons. The van der Waals surface area contributed by atoms with E-state index in [2.05, 4.69) is 26.2 Å². The van der Waals surface area contributed by atoms with E-state index >= 15 is 0 Å². The van der Waals surface area contributed by atoms with Crippen LogP contribution in [-0.4, -0.2) is 28.0 Å². The molecule has 1 amide bonds. The maximum Gasteiger partial charge on any atom is 0.326 e. The highest BCUT2D eigenvalue weighted by atomic mass is 79.9. The van der Waals surface area contributed by atoms with Gasteiger partial charge in [0, 0.05) is 10.7 Å². The predicted octanol–water partition coefficient (Wildman–Crippen LogP) is 1.44. The second kappa shape index (κ2) is 5.60. The molecule has 0 aliphatic rings. The van der Waals surface area contributed by atoms with Crippen LogP contribution in [0.1, 0.15) is 23.8 Å². The molecule has 16 heavy (non-hydrogen) atoms. The van der Waals surface area contributed by atoms with Crippen LogP contribution >= 0.6 is 15.9 Å². The highest BCUT2D eigenvalue weighted by Gasteiger charge is 2.18. The molecule has 2 N–H and O–H groups in total. The zero-order valence-corrected chi connectivity index (χ0v) is 10.2. The van der Waals surface area contributed by atoms with Gasteiger partial charge in [-0.2, -0.15) is 0 Å². The number of pyridine rings is 1. The van der Waals surface area contributed by atoms with Crippen LogP contribution in [0.2, 0.25) is 0 Å². The Hall–Kier alpha value is -1.43. The summed E-state index contributed by atoms with van der Waals surface area (Å²) in [6.45, 7) is 1.69. The lowest BCUT2D eigenvalue weighted by Gasteiger charge is -2.11. The first kappa shape index (κ1) is 12.6. The third-order valence-corrected chi connectivity index (χ3v) is 2.44. The van der Waals surface area contributed by atoms with Crippen molar-refractivity contribution in [2.45, 2.75) is 19.4 Å². The second-order valence-corrected chi connectivity index (χ2v) is 4.05. The molecule has 0 aliphatic heterocycles. The smallest absolute Gasteiger partial charge is 0.326 e. The number of aromatic nitrogens is 1. The van der Waals surface area contributed by atoms with Gasteiger partial charge in [-0.1, -0.05) is 6.92 Å². The Morgan fingerprint density at radius 1 is 1.56 bits per heavy atom. The van der Waals surface area contributed by atoms with Crippen molar-refractivity contribution >= 4 is 27.8 Å². The number of nitrogens with one attached hydrogen (secondary N) is 1. The van der Waals surface area contributed by atoms with Crippen LogP contribution in [0.3, 0.4) is 0 Å². The molecule has 86 valence electrons. The number of amides is 1. The third-order valence-electron chi connectivity index (χ3n) is 1.97. The SMILES string of the molecule is CC[C@H](NC(=O)c1ccc(Br)cn1)C(=O)O. The maximum absolute atomic E-state index is 11.6. The molecule has 0 unspecified atom stereocenters. The molecule has 0 fully saturated rings. The molecule has 1 aromatic heterocycles. The third kappa shape index (κ3) is 3.30. The standard InChI is InChI=1S/C10H11BrN2O3/c1-2-7(10(15)16)13-9(14)8-4-3-6(11)5-12-8/h3-5,7H,2H2,1H3,(H,13,14)(H,15,16)/t7-/m0/s1. The van der Waals surface area contributed by atoms with Crippen LogP contribution < -0.4 is 5.32 Å². The van der Waals surface area contributed by atoms with E-state index in [0.29, 0.717) is 6.42 Å². The summed E-state index contributed by atoms with van der Waals surface area (Å²) < 4.78 is 0.759. The molecule has 0 bridgehead atoms. The minimum atomic E-state index is -1.05. The van der Waals surface area contributed by atoms with Crippen LogP contribution in [0.4, 0.5) is 0 Å². The van der Waals surface area contributed by atoms with E-state index < -0.39 is 17.9 Å². The number of carboxylic acids is 1. The van der Waals surface area contributed by atoms with Crippen molar-refractivity contribution in [3.8, 4) is 0 Å². The van der Waals surface area contributed by atoms with Crippen LogP contribution in [-0.2, 0) is 4.79 Å². The molecule has 5 nitrogen and oxygen atoms in total. The second-order valence-electron chi connectivity index (χ2n) is 3.13. The summed E-state index contributed by atoms with van der Waals surface area (Å²) >= 11 is 3.19. The molecule has 6 heteroatoms. The van der Waals surface area contributed by atoms with E-state index in [9.17, 15) is 9.59 Å². The Balaban J connectivity index is 2.71. The summed E-state index contributed by atoms with van der Waals surface area (Å²) in [5, 5.41) is 11.2. The molecular formula is C10H11BrN2O3. The van der Waals surface area contributed by atoms with Crippen molar-refractivity contribution in [3.63, 3.8) is 0 Å². The Morgan fingerprint density at radius 2 is 2.25 bits per heavy atom. The van der Waals surface area contributed by atoms with Crippen molar-refractivity contribution in [2.24, 2.45) is 0 Å². The lowest BCUT2D eigenvalue weighted by molar-refractivity contribution is -0.139. The first-order valence-electron chi connectivity index (χ1n) is 4.69. The van der Waals surface area contributed by atoms with Gasteiger partial charge in [-0.3, -0.25) is 4.79 Å². The van der Waals surface area contributed by atoms with E-state index in [0.717, 1.165) is 4.47 Å². The zero-order valence-electron chi connectivity index (χ0n) is 8.61. The van der Waals surface area contributed by atoms with Crippen LogP contribution in [0.5, 0.6) is 0 Å². The fraction of sp³-hybridized carbons (Fsp3) is 0.300. The molecule has 0 saturated heterocycles. The van der Waals surface area contributed by atoms with Crippen LogP contribution in [0.25, 0.3) is 0 Å². The number of aliphatic carboxylic acids is 1. The fourth-order valence-corrected chi connectivity index (χ4v) is 1.32. The average molecular weight is 287 g/mol. The highest BCUT2D eigenvalue weighted by Crippen LogP contribution is 2.07. The monoisotopic (exact) mass is 286 g/mol. The van der Waals surface area contributed by atoms with Gasteiger partial charge in [-0.25, -0.2) is 9.78 Å². The molecule has 0 saturated carbocycles. The van der Waals surface area contributed by atoms with Gasteiger partial charge < -0.3 is 10.4 Å². The topological polar surface area (TPSA) is 79.3 Å². The van der Waals surface area contributed by atoms with Gasteiger partial charge in [0.05, 0.1) is 0 Å².